The van der Waals surface area contributed by atoms with E-state index in [2.05, 4.69) is 11.5 Å². The lowest BCUT2D eigenvalue weighted by Crippen LogP contribution is -2.37. The van der Waals surface area contributed by atoms with Crippen LogP contribution in [0.25, 0.3) is 0 Å². The predicted molar refractivity (Wildman–Crippen MR) is 46.1 cm³/mol. The Kier molecular flexibility index (Phi) is 1.73. The van der Waals surface area contributed by atoms with Crippen LogP contribution in [0.15, 0.2) is 24.3 Å². The van der Waals surface area contributed by atoms with Gasteiger partial charge in [-0.25, -0.2) is 5.01 Å². The Morgan fingerprint density at radius 1 is 1.50 bits per heavy atom. The van der Waals surface area contributed by atoms with Gasteiger partial charge in [0.05, 0.1) is 12.0 Å². The first-order chi connectivity index (χ1) is 5.83. The predicted octanol–water partition coefficient (Wildman–Crippen LogP) is 0.464. The number of carbonyl (C=O) groups is 1. The minimum Gasteiger partial charge on any atom is -0.288 e. The molecule has 1 aliphatic heterocycles. The van der Waals surface area contributed by atoms with E-state index in [9.17, 15) is 4.79 Å². The van der Waals surface area contributed by atoms with E-state index in [1.165, 1.54) is 0 Å². The van der Waals surface area contributed by atoms with E-state index in [4.69, 9.17) is 0 Å². The molecule has 2 aliphatic rings. The zero-order chi connectivity index (χ0) is 8.55. The Bertz CT molecular complexity index is 257. The van der Waals surface area contributed by atoms with Crippen LogP contribution in [0.5, 0.6) is 0 Å². The third kappa shape index (κ3) is 0.975. The summed E-state index contributed by atoms with van der Waals surface area (Å²) in [5.41, 5.74) is 2.84. The van der Waals surface area contributed by atoms with Crippen molar-refractivity contribution in [3.05, 3.63) is 24.3 Å². The van der Waals surface area contributed by atoms with E-state index in [-0.39, 0.29) is 17.9 Å². The third-order valence-corrected chi connectivity index (χ3v) is 2.36. The molecule has 0 aromatic carbocycles. The molecule has 3 nitrogen and oxygen atoms in total. The van der Waals surface area contributed by atoms with Gasteiger partial charge in [-0.05, 0) is 0 Å². The Balaban J connectivity index is 2.24. The Morgan fingerprint density at radius 3 is 3.00 bits per heavy atom. The monoisotopic (exact) mass is 164 g/mol. The summed E-state index contributed by atoms with van der Waals surface area (Å²) in [6.07, 6.45) is 7.94. The molecule has 1 saturated heterocycles. The summed E-state index contributed by atoms with van der Waals surface area (Å²) >= 11 is 0. The number of hydrogen-bond donors (Lipinski definition) is 1. The topological polar surface area (TPSA) is 32.3 Å². The second-order valence-corrected chi connectivity index (χ2v) is 3.05. The highest BCUT2D eigenvalue weighted by atomic mass is 16.2. The van der Waals surface area contributed by atoms with Gasteiger partial charge in [0.25, 0.3) is 0 Å². The van der Waals surface area contributed by atoms with Crippen molar-refractivity contribution in [1.29, 1.82) is 0 Å². The molecule has 1 fully saturated rings. The number of hydrazine groups is 1. The highest BCUT2D eigenvalue weighted by Gasteiger charge is 2.37. The van der Waals surface area contributed by atoms with Crippen molar-refractivity contribution in [2.75, 3.05) is 6.54 Å². The van der Waals surface area contributed by atoms with E-state index < -0.39 is 0 Å². The van der Waals surface area contributed by atoms with E-state index in [0.717, 1.165) is 6.54 Å². The number of fused-ring (bicyclic) bond motifs is 1. The number of nitrogens with zero attached hydrogens (tertiary/aromatic N) is 1. The van der Waals surface area contributed by atoms with Gasteiger partial charge in [-0.15, -0.1) is 0 Å². The minimum atomic E-state index is 0.0231. The van der Waals surface area contributed by atoms with Crippen LogP contribution in [0.4, 0.5) is 0 Å². The van der Waals surface area contributed by atoms with Crippen molar-refractivity contribution in [1.82, 2.24) is 10.4 Å². The third-order valence-electron chi connectivity index (χ3n) is 2.36. The van der Waals surface area contributed by atoms with Crippen molar-refractivity contribution < 1.29 is 4.79 Å². The lowest BCUT2D eigenvalue weighted by atomic mass is 9.96. The molecule has 0 radical (unpaired) electrons. The molecule has 2 unspecified atom stereocenters. The zero-order valence-corrected chi connectivity index (χ0v) is 7.03. The van der Waals surface area contributed by atoms with Crippen LogP contribution in [0, 0.1) is 5.92 Å². The fourth-order valence-corrected chi connectivity index (χ4v) is 1.72. The first-order valence-corrected chi connectivity index (χ1v) is 4.25. The molecule has 1 amide bonds. The van der Waals surface area contributed by atoms with E-state index in [0.29, 0.717) is 0 Å². The second-order valence-electron chi connectivity index (χ2n) is 3.05. The highest BCUT2D eigenvalue weighted by molar-refractivity contribution is 5.83. The van der Waals surface area contributed by atoms with Gasteiger partial charge < -0.3 is 0 Å². The highest BCUT2D eigenvalue weighted by Crippen LogP contribution is 2.22. The number of allylic oxidation sites excluding steroid dienone is 2. The summed E-state index contributed by atoms with van der Waals surface area (Å²) in [5.74, 6) is 0.136. The van der Waals surface area contributed by atoms with Gasteiger partial charge in [-0.3, -0.25) is 10.2 Å². The molecule has 2 rings (SSSR count). The normalized spacial score (nSPS) is 33.6. The molecular weight excluding hydrogens is 152 g/mol. The number of likely N-dealkylation sites (N-methyl/N-ethyl adjacent to an activating group) is 1. The number of nitrogens with one attached hydrogen (secondary N) is 1. The van der Waals surface area contributed by atoms with Gasteiger partial charge >= 0.3 is 0 Å². The van der Waals surface area contributed by atoms with Crippen molar-refractivity contribution in [3.63, 3.8) is 0 Å². The first-order valence-electron chi connectivity index (χ1n) is 4.25. The molecule has 0 saturated carbocycles. The summed E-state index contributed by atoms with van der Waals surface area (Å²) in [7, 11) is 0. The molecule has 64 valence electrons. The minimum absolute atomic E-state index is 0.0231. The van der Waals surface area contributed by atoms with Gasteiger partial charge in [0.15, 0.2) is 0 Å². The van der Waals surface area contributed by atoms with Crippen molar-refractivity contribution in [2.24, 2.45) is 5.92 Å². The van der Waals surface area contributed by atoms with Crippen molar-refractivity contribution >= 4 is 5.91 Å². The molecule has 0 aromatic rings. The number of hydrogen-bond acceptors (Lipinski definition) is 2. The summed E-state index contributed by atoms with van der Waals surface area (Å²) in [5, 5.41) is 1.97. The lowest BCUT2D eigenvalue weighted by molar-refractivity contribution is -0.122. The van der Waals surface area contributed by atoms with Crippen LogP contribution in [-0.4, -0.2) is 23.5 Å². The first kappa shape index (κ1) is 7.55. The van der Waals surface area contributed by atoms with Gasteiger partial charge in [0.1, 0.15) is 0 Å². The van der Waals surface area contributed by atoms with E-state index >= 15 is 0 Å². The Hall–Kier alpha value is -1.09. The molecule has 1 heterocycles. The van der Waals surface area contributed by atoms with Crippen LogP contribution >= 0.6 is 0 Å². The largest absolute Gasteiger partial charge is 0.288 e. The Labute approximate surface area is 71.7 Å². The lowest BCUT2D eigenvalue weighted by Gasteiger charge is -2.21. The van der Waals surface area contributed by atoms with Gasteiger partial charge in [0, 0.05) is 6.54 Å². The summed E-state index contributed by atoms with van der Waals surface area (Å²) < 4.78 is 0. The fraction of sp³-hybridized carbons (Fsp3) is 0.444. The summed E-state index contributed by atoms with van der Waals surface area (Å²) in [4.78, 5) is 11.3. The fourth-order valence-electron chi connectivity index (χ4n) is 1.72. The number of carbonyl (C=O) groups excluding carboxylic acids is 1. The average Bonchev–Trinajstić information content (AvgIpc) is 2.44. The van der Waals surface area contributed by atoms with Crippen LogP contribution in [0.3, 0.4) is 0 Å². The maximum Gasteiger partial charge on any atom is 0.243 e. The Morgan fingerprint density at radius 2 is 2.25 bits per heavy atom. The van der Waals surface area contributed by atoms with Crippen LogP contribution in [0.2, 0.25) is 0 Å². The maximum absolute atomic E-state index is 11.3. The van der Waals surface area contributed by atoms with E-state index in [1.807, 2.05) is 30.2 Å². The number of rotatable bonds is 1. The molecule has 2 atom stereocenters. The molecule has 1 N–H and O–H groups in total. The average molecular weight is 164 g/mol. The summed E-state index contributed by atoms with van der Waals surface area (Å²) in [6, 6.07) is 0.229. The van der Waals surface area contributed by atoms with Gasteiger partial charge in [0.2, 0.25) is 5.91 Å². The quantitative estimate of drug-likeness (QED) is 0.610. The van der Waals surface area contributed by atoms with Gasteiger partial charge in [-0.1, -0.05) is 31.2 Å². The molecule has 1 aliphatic carbocycles. The maximum atomic E-state index is 11.3. The molecule has 12 heavy (non-hydrogen) atoms. The number of amides is 1. The molecule has 0 bridgehead atoms. The SMILES string of the molecule is CCN1NC(=O)C2C=CC=CC21. The van der Waals surface area contributed by atoms with Crippen LogP contribution in [0.1, 0.15) is 6.92 Å². The van der Waals surface area contributed by atoms with Crippen LogP contribution in [-0.2, 0) is 4.79 Å². The zero-order valence-electron chi connectivity index (χ0n) is 7.03. The van der Waals surface area contributed by atoms with Crippen LogP contribution < -0.4 is 5.43 Å². The molecular formula is C9H12N2O. The summed E-state index contributed by atoms with van der Waals surface area (Å²) in [6.45, 7) is 2.89. The molecule has 0 spiro atoms. The van der Waals surface area contributed by atoms with Crippen molar-refractivity contribution in [3.8, 4) is 0 Å². The molecule has 3 heteroatoms. The molecule has 0 aromatic heterocycles. The van der Waals surface area contributed by atoms with E-state index in [1.54, 1.807) is 0 Å². The second kappa shape index (κ2) is 2.75. The standard InChI is InChI=1S/C9H12N2O/c1-2-11-8-6-4-3-5-7(8)9(12)10-11/h3-8H,2H2,1H3,(H,10,12). The smallest absolute Gasteiger partial charge is 0.243 e. The van der Waals surface area contributed by atoms with Gasteiger partial charge in [-0.2, -0.15) is 0 Å². The van der Waals surface area contributed by atoms with Crippen molar-refractivity contribution in [2.45, 2.75) is 13.0 Å².